The van der Waals surface area contributed by atoms with Crippen molar-refractivity contribution < 1.29 is 14.8 Å². The summed E-state index contributed by atoms with van der Waals surface area (Å²) >= 11 is 0. The molecule has 0 aliphatic rings. The van der Waals surface area contributed by atoms with Gasteiger partial charge in [-0.25, -0.2) is 0 Å². The SMILES string of the molecule is CO/N=C(C(=O)N(C)C)/C(C)=N/O. The second-order valence-corrected chi connectivity index (χ2v) is 2.51. The second kappa shape index (κ2) is 5.13. The highest BCUT2D eigenvalue weighted by molar-refractivity contribution is 6.66. The van der Waals surface area contributed by atoms with Crippen molar-refractivity contribution in [1.29, 1.82) is 0 Å². The zero-order chi connectivity index (χ0) is 10.4. The van der Waals surface area contributed by atoms with Crippen molar-refractivity contribution in [2.24, 2.45) is 10.3 Å². The molecule has 0 saturated carbocycles. The highest BCUT2D eigenvalue weighted by atomic mass is 16.6. The van der Waals surface area contributed by atoms with Crippen LogP contribution in [0.3, 0.4) is 0 Å². The van der Waals surface area contributed by atoms with Gasteiger partial charge in [0.05, 0.1) is 0 Å². The van der Waals surface area contributed by atoms with Gasteiger partial charge in [-0.3, -0.25) is 4.79 Å². The summed E-state index contributed by atoms with van der Waals surface area (Å²) in [6, 6.07) is 0. The van der Waals surface area contributed by atoms with Crippen LogP contribution in [0, 0.1) is 0 Å². The van der Waals surface area contributed by atoms with E-state index in [1.165, 1.54) is 18.9 Å². The molecule has 6 heteroatoms. The first kappa shape index (κ1) is 11.4. The maximum Gasteiger partial charge on any atom is 0.277 e. The van der Waals surface area contributed by atoms with E-state index in [2.05, 4.69) is 15.1 Å². The Balaban J connectivity index is 4.84. The molecule has 0 aromatic rings. The van der Waals surface area contributed by atoms with Crippen LogP contribution in [-0.2, 0) is 9.63 Å². The molecule has 74 valence electrons. The van der Waals surface area contributed by atoms with Crippen molar-refractivity contribution in [3.05, 3.63) is 0 Å². The first-order valence-electron chi connectivity index (χ1n) is 3.56. The average Bonchev–Trinajstić information content (AvgIpc) is 2.11. The Morgan fingerprint density at radius 3 is 2.31 bits per heavy atom. The molecule has 0 heterocycles. The molecule has 0 unspecified atom stereocenters. The predicted octanol–water partition coefficient (Wildman–Crippen LogP) is -0.0729. The Bertz CT molecular complexity index is 245. The number of oxime groups is 2. The molecule has 0 atom stereocenters. The van der Waals surface area contributed by atoms with Gasteiger partial charge < -0.3 is 14.9 Å². The van der Waals surface area contributed by atoms with E-state index in [0.29, 0.717) is 0 Å². The molecule has 0 aliphatic carbocycles. The standard InChI is InChI=1S/C7H13N3O3/c1-5(8-12)6(9-13-4)7(11)10(2)3/h12H,1-4H3/b8-5+,9-6-. The Labute approximate surface area is 76.5 Å². The smallest absolute Gasteiger partial charge is 0.277 e. The van der Waals surface area contributed by atoms with Crippen LogP contribution in [0.5, 0.6) is 0 Å². The second-order valence-electron chi connectivity index (χ2n) is 2.51. The van der Waals surface area contributed by atoms with Crippen molar-refractivity contribution in [3.63, 3.8) is 0 Å². The van der Waals surface area contributed by atoms with E-state index in [9.17, 15) is 4.79 Å². The van der Waals surface area contributed by atoms with E-state index in [0.717, 1.165) is 0 Å². The predicted molar refractivity (Wildman–Crippen MR) is 48.0 cm³/mol. The lowest BCUT2D eigenvalue weighted by Gasteiger charge is -2.10. The molecule has 1 N–H and O–H groups in total. The van der Waals surface area contributed by atoms with Gasteiger partial charge in [0.1, 0.15) is 12.8 Å². The van der Waals surface area contributed by atoms with Gasteiger partial charge in [-0.15, -0.1) is 0 Å². The van der Waals surface area contributed by atoms with Gasteiger partial charge in [-0.05, 0) is 6.92 Å². The van der Waals surface area contributed by atoms with Gasteiger partial charge in [0.15, 0.2) is 5.71 Å². The number of hydrogen-bond acceptors (Lipinski definition) is 5. The van der Waals surface area contributed by atoms with E-state index in [4.69, 9.17) is 5.21 Å². The van der Waals surface area contributed by atoms with Crippen molar-refractivity contribution in [2.75, 3.05) is 21.2 Å². The summed E-state index contributed by atoms with van der Waals surface area (Å²) in [4.78, 5) is 17.1. The number of nitrogens with zero attached hydrogens (tertiary/aromatic N) is 3. The molecule has 0 rings (SSSR count). The van der Waals surface area contributed by atoms with Crippen LogP contribution in [0.4, 0.5) is 0 Å². The molecule has 0 fully saturated rings. The minimum Gasteiger partial charge on any atom is -0.411 e. The van der Waals surface area contributed by atoms with Gasteiger partial charge >= 0.3 is 0 Å². The highest BCUT2D eigenvalue weighted by Gasteiger charge is 2.18. The molecule has 0 radical (unpaired) electrons. The summed E-state index contributed by atoms with van der Waals surface area (Å²) < 4.78 is 0. The van der Waals surface area contributed by atoms with Crippen LogP contribution in [0.15, 0.2) is 10.3 Å². The summed E-state index contributed by atoms with van der Waals surface area (Å²) in [5.41, 5.74) is 0.0931. The van der Waals surface area contributed by atoms with Crippen LogP contribution in [0.2, 0.25) is 0 Å². The van der Waals surface area contributed by atoms with Crippen LogP contribution in [0.1, 0.15) is 6.92 Å². The normalized spacial score (nSPS) is 12.6. The molecule has 0 aromatic heterocycles. The third kappa shape index (κ3) is 3.10. The molecule has 6 nitrogen and oxygen atoms in total. The van der Waals surface area contributed by atoms with Crippen LogP contribution >= 0.6 is 0 Å². The Morgan fingerprint density at radius 1 is 1.46 bits per heavy atom. The topological polar surface area (TPSA) is 74.5 Å². The number of carbonyl (C=O) groups excluding carboxylic acids is 1. The fourth-order valence-electron chi connectivity index (χ4n) is 0.610. The molecule has 1 amide bonds. The van der Waals surface area contributed by atoms with Crippen molar-refractivity contribution in [3.8, 4) is 0 Å². The van der Waals surface area contributed by atoms with Crippen LogP contribution in [-0.4, -0.2) is 48.6 Å². The van der Waals surface area contributed by atoms with Crippen LogP contribution < -0.4 is 0 Å². The molecular weight excluding hydrogens is 174 g/mol. The maximum absolute atomic E-state index is 11.4. The minimum atomic E-state index is -0.378. The molecule has 13 heavy (non-hydrogen) atoms. The number of amides is 1. The maximum atomic E-state index is 11.4. The molecule has 0 spiro atoms. The van der Waals surface area contributed by atoms with E-state index in [-0.39, 0.29) is 17.3 Å². The third-order valence-corrected chi connectivity index (χ3v) is 1.28. The summed E-state index contributed by atoms with van der Waals surface area (Å²) in [5.74, 6) is -0.378. The van der Waals surface area contributed by atoms with E-state index in [1.54, 1.807) is 14.1 Å². The summed E-state index contributed by atoms with van der Waals surface area (Å²) in [5, 5.41) is 14.8. The Kier molecular flexibility index (Phi) is 4.50. The lowest BCUT2D eigenvalue weighted by Crippen LogP contribution is -2.34. The van der Waals surface area contributed by atoms with Gasteiger partial charge in [0, 0.05) is 14.1 Å². The van der Waals surface area contributed by atoms with E-state index in [1.807, 2.05) is 0 Å². The zero-order valence-electron chi connectivity index (χ0n) is 8.11. The molecule has 0 saturated heterocycles. The van der Waals surface area contributed by atoms with Crippen molar-refractivity contribution in [1.82, 2.24) is 4.90 Å². The highest BCUT2D eigenvalue weighted by Crippen LogP contribution is 1.91. The number of carbonyl (C=O) groups is 1. The lowest BCUT2D eigenvalue weighted by molar-refractivity contribution is -0.121. The zero-order valence-corrected chi connectivity index (χ0v) is 8.11. The molecule has 0 aromatic carbocycles. The molecular formula is C7H13N3O3. The summed E-state index contributed by atoms with van der Waals surface area (Å²) in [6.45, 7) is 1.46. The third-order valence-electron chi connectivity index (χ3n) is 1.28. The minimum absolute atomic E-state index is 0.0185. The van der Waals surface area contributed by atoms with Gasteiger partial charge in [-0.2, -0.15) is 0 Å². The number of rotatable bonds is 3. The van der Waals surface area contributed by atoms with Gasteiger partial charge in [0.2, 0.25) is 0 Å². The lowest BCUT2D eigenvalue weighted by atomic mass is 10.2. The van der Waals surface area contributed by atoms with Crippen LogP contribution in [0.25, 0.3) is 0 Å². The largest absolute Gasteiger partial charge is 0.411 e. The summed E-state index contributed by atoms with van der Waals surface area (Å²) in [6.07, 6.45) is 0. The first-order chi connectivity index (χ1) is 6.04. The first-order valence-corrected chi connectivity index (χ1v) is 3.56. The molecule has 0 bridgehead atoms. The number of hydrogen-bond donors (Lipinski definition) is 1. The monoisotopic (exact) mass is 187 g/mol. The Hall–Kier alpha value is -1.59. The van der Waals surface area contributed by atoms with Gasteiger partial charge in [0.25, 0.3) is 5.91 Å². The average molecular weight is 187 g/mol. The quantitative estimate of drug-likeness (QED) is 0.381. The van der Waals surface area contributed by atoms with E-state index < -0.39 is 0 Å². The van der Waals surface area contributed by atoms with Crippen molar-refractivity contribution in [2.45, 2.75) is 6.92 Å². The van der Waals surface area contributed by atoms with Gasteiger partial charge in [-0.1, -0.05) is 10.3 Å². The Morgan fingerprint density at radius 2 is 2.00 bits per heavy atom. The summed E-state index contributed by atoms with van der Waals surface area (Å²) in [7, 11) is 4.45. The van der Waals surface area contributed by atoms with Crippen molar-refractivity contribution >= 4 is 17.3 Å². The van der Waals surface area contributed by atoms with E-state index >= 15 is 0 Å². The fourth-order valence-corrected chi connectivity index (χ4v) is 0.610. The fraction of sp³-hybridized carbons (Fsp3) is 0.571. The molecule has 0 aliphatic heterocycles.